The molecule has 0 aliphatic rings. The monoisotopic (exact) mass is 287 g/mol. The molecule has 1 unspecified atom stereocenters. The van der Waals surface area contributed by atoms with Crippen molar-refractivity contribution in [1.82, 2.24) is 15.3 Å². The number of methoxy groups -OCH3 is 2. The SMILES string of the molecule is CCCNC(c1cncnc1)c1cccc(OC)c1OC. The third-order valence-corrected chi connectivity index (χ3v) is 3.26. The zero-order valence-electron chi connectivity index (χ0n) is 12.7. The predicted molar refractivity (Wildman–Crippen MR) is 81.7 cm³/mol. The van der Waals surface area contributed by atoms with Gasteiger partial charge >= 0.3 is 0 Å². The standard InChI is InChI=1S/C16H21N3O2/c1-4-8-19-15(12-9-17-11-18-10-12)13-6-5-7-14(20-2)16(13)21-3/h5-7,9-11,15,19H,4,8H2,1-3H3. The summed E-state index contributed by atoms with van der Waals surface area (Å²) in [6, 6.07) is 5.85. The number of nitrogens with zero attached hydrogens (tertiary/aromatic N) is 2. The van der Waals surface area contributed by atoms with Crippen molar-refractivity contribution < 1.29 is 9.47 Å². The number of nitrogens with one attached hydrogen (secondary N) is 1. The molecule has 0 saturated carbocycles. The summed E-state index contributed by atoms with van der Waals surface area (Å²) in [6.07, 6.45) is 6.21. The molecule has 0 aliphatic carbocycles. The van der Waals surface area contributed by atoms with Crippen LogP contribution in [-0.4, -0.2) is 30.7 Å². The lowest BCUT2D eigenvalue weighted by Gasteiger charge is -2.22. The summed E-state index contributed by atoms with van der Waals surface area (Å²) in [7, 11) is 3.29. The smallest absolute Gasteiger partial charge is 0.165 e. The summed E-state index contributed by atoms with van der Waals surface area (Å²) in [5, 5.41) is 3.51. The Morgan fingerprint density at radius 2 is 1.90 bits per heavy atom. The van der Waals surface area contributed by atoms with E-state index in [1.54, 1.807) is 14.2 Å². The number of aromatic nitrogens is 2. The van der Waals surface area contributed by atoms with Gasteiger partial charge in [-0.25, -0.2) is 9.97 Å². The van der Waals surface area contributed by atoms with Crippen LogP contribution in [0.4, 0.5) is 0 Å². The second-order valence-corrected chi connectivity index (χ2v) is 4.64. The van der Waals surface area contributed by atoms with E-state index in [4.69, 9.17) is 9.47 Å². The first-order valence-electron chi connectivity index (χ1n) is 7.01. The Morgan fingerprint density at radius 3 is 2.52 bits per heavy atom. The van der Waals surface area contributed by atoms with E-state index in [0.717, 1.165) is 35.6 Å². The third-order valence-electron chi connectivity index (χ3n) is 3.26. The van der Waals surface area contributed by atoms with Crippen LogP contribution in [0.2, 0.25) is 0 Å². The Morgan fingerprint density at radius 1 is 1.14 bits per heavy atom. The van der Waals surface area contributed by atoms with Gasteiger partial charge in [-0.1, -0.05) is 19.1 Å². The lowest BCUT2D eigenvalue weighted by molar-refractivity contribution is 0.348. The minimum Gasteiger partial charge on any atom is -0.493 e. The highest BCUT2D eigenvalue weighted by Crippen LogP contribution is 2.36. The molecule has 5 heteroatoms. The Balaban J connectivity index is 2.46. The molecule has 0 saturated heterocycles. The fraction of sp³-hybridized carbons (Fsp3) is 0.375. The average molecular weight is 287 g/mol. The fourth-order valence-electron chi connectivity index (χ4n) is 2.30. The molecule has 0 aliphatic heterocycles. The lowest BCUT2D eigenvalue weighted by atomic mass is 9.99. The second kappa shape index (κ2) is 7.59. The van der Waals surface area contributed by atoms with Crippen molar-refractivity contribution in [3.05, 3.63) is 48.0 Å². The molecule has 2 aromatic rings. The normalized spacial score (nSPS) is 12.0. The molecule has 21 heavy (non-hydrogen) atoms. The van der Waals surface area contributed by atoms with Crippen LogP contribution < -0.4 is 14.8 Å². The minimum absolute atomic E-state index is 0.0313. The van der Waals surface area contributed by atoms with Gasteiger partial charge in [0.25, 0.3) is 0 Å². The molecule has 1 aromatic heterocycles. The summed E-state index contributed by atoms with van der Waals surface area (Å²) in [6.45, 7) is 3.02. The molecule has 5 nitrogen and oxygen atoms in total. The molecule has 0 fully saturated rings. The zero-order chi connectivity index (χ0) is 15.1. The molecule has 0 radical (unpaired) electrons. The van der Waals surface area contributed by atoms with Gasteiger partial charge in [-0.3, -0.25) is 0 Å². The van der Waals surface area contributed by atoms with Gasteiger partial charge in [0, 0.05) is 23.5 Å². The van der Waals surface area contributed by atoms with Crippen molar-refractivity contribution in [3.63, 3.8) is 0 Å². The van der Waals surface area contributed by atoms with Gasteiger partial charge in [0.1, 0.15) is 6.33 Å². The largest absolute Gasteiger partial charge is 0.493 e. The molecular weight excluding hydrogens is 266 g/mol. The average Bonchev–Trinajstić information content (AvgIpc) is 2.55. The number of hydrogen-bond acceptors (Lipinski definition) is 5. The van der Waals surface area contributed by atoms with Crippen LogP contribution in [0.15, 0.2) is 36.9 Å². The van der Waals surface area contributed by atoms with Crippen molar-refractivity contribution >= 4 is 0 Å². The first kappa shape index (κ1) is 15.3. The zero-order valence-corrected chi connectivity index (χ0v) is 12.7. The summed E-state index contributed by atoms with van der Waals surface area (Å²) >= 11 is 0. The highest BCUT2D eigenvalue weighted by molar-refractivity contribution is 5.50. The highest BCUT2D eigenvalue weighted by atomic mass is 16.5. The highest BCUT2D eigenvalue weighted by Gasteiger charge is 2.20. The van der Waals surface area contributed by atoms with Gasteiger partial charge in [-0.05, 0) is 19.0 Å². The van der Waals surface area contributed by atoms with Crippen LogP contribution in [0, 0.1) is 0 Å². The maximum atomic E-state index is 5.54. The predicted octanol–water partition coefficient (Wildman–Crippen LogP) is 2.58. The molecule has 1 heterocycles. The van der Waals surface area contributed by atoms with Crippen molar-refractivity contribution in [2.24, 2.45) is 0 Å². The molecule has 0 bridgehead atoms. The van der Waals surface area contributed by atoms with Gasteiger partial charge in [-0.2, -0.15) is 0 Å². The quantitative estimate of drug-likeness (QED) is 0.848. The van der Waals surface area contributed by atoms with Crippen LogP contribution in [0.3, 0.4) is 0 Å². The number of benzene rings is 1. The number of para-hydroxylation sites is 1. The second-order valence-electron chi connectivity index (χ2n) is 4.64. The van der Waals surface area contributed by atoms with E-state index in [1.165, 1.54) is 6.33 Å². The maximum Gasteiger partial charge on any atom is 0.165 e. The first-order chi connectivity index (χ1) is 10.3. The van der Waals surface area contributed by atoms with Crippen molar-refractivity contribution in [3.8, 4) is 11.5 Å². The van der Waals surface area contributed by atoms with Gasteiger partial charge in [0.2, 0.25) is 0 Å². The van der Waals surface area contributed by atoms with E-state index in [-0.39, 0.29) is 6.04 Å². The van der Waals surface area contributed by atoms with Gasteiger partial charge < -0.3 is 14.8 Å². The Labute approximate surface area is 125 Å². The fourth-order valence-corrected chi connectivity index (χ4v) is 2.30. The minimum atomic E-state index is -0.0313. The summed E-state index contributed by atoms with van der Waals surface area (Å²) < 4.78 is 10.9. The van der Waals surface area contributed by atoms with Crippen LogP contribution in [0.1, 0.15) is 30.5 Å². The number of rotatable bonds is 7. The van der Waals surface area contributed by atoms with Crippen molar-refractivity contribution in [2.75, 3.05) is 20.8 Å². The summed E-state index contributed by atoms with van der Waals surface area (Å²) in [4.78, 5) is 8.23. The lowest BCUT2D eigenvalue weighted by Crippen LogP contribution is -2.24. The molecular formula is C16H21N3O2. The van der Waals surface area contributed by atoms with Gasteiger partial charge in [0.15, 0.2) is 11.5 Å². The topological polar surface area (TPSA) is 56.3 Å². The Bertz CT molecular complexity index is 561. The van der Waals surface area contributed by atoms with Gasteiger partial charge in [0.05, 0.1) is 20.3 Å². The van der Waals surface area contributed by atoms with Crippen LogP contribution in [0.5, 0.6) is 11.5 Å². The first-order valence-corrected chi connectivity index (χ1v) is 7.01. The number of hydrogen-bond donors (Lipinski definition) is 1. The van der Waals surface area contributed by atoms with E-state index in [2.05, 4.69) is 22.2 Å². The van der Waals surface area contributed by atoms with E-state index < -0.39 is 0 Å². The van der Waals surface area contributed by atoms with Crippen molar-refractivity contribution in [1.29, 1.82) is 0 Å². The Hall–Kier alpha value is -2.14. The molecule has 0 amide bonds. The molecule has 1 aromatic carbocycles. The van der Waals surface area contributed by atoms with E-state index in [0.29, 0.717) is 0 Å². The molecule has 0 spiro atoms. The summed E-state index contributed by atoms with van der Waals surface area (Å²) in [5.74, 6) is 1.45. The molecule has 1 N–H and O–H groups in total. The number of ether oxygens (including phenoxy) is 2. The van der Waals surface area contributed by atoms with Crippen LogP contribution in [0.25, 0.3) is 0 Å². The maximum absolute atomic E-state index is 5.54. The van der Waals surface area contributed by atoms with Gasteiger partial charge in [-0.15, -0.1) is 0 Å². The third kappa shape index (κ3) is 3.49. The van der Waals surface area contributed by atoms with Crippen LogP contribution >= 0.6 is 0 Å². The molecule has 112 valence electrons. The Kier molecular flexibility index (Phi) is 5.51. The van der Waals surface area contributed by atoms with Crippen molar-refractivity contribution in [2.45, 2.75) is 19.4 Å². The van der Waals surface area contributed by atoms with E-state index in [1.807, 2.05) is 30.6 Å². The molecule has 1 atom stereocenters. The molecule has 2 rings (SSSR count). The summed E-state index contributed by atoms with van der Waals surface area (Å²) in [5.41, 5.74) is 2.01. The van der Waals surface area contributed by atoms with Crippen LogP contribution in [-0.2, 0) is 0 Å². The van der Waals surface area contributed by atoms with E-state index in [9.17, 15) is 0 Å². The van der Waals surface area contributed by atoms with E-state index >= 15 is 0 Å².